The topological polar surface area (TPSA) is 91.8 Å². The van der Waals surface area contributed by atoms with E-state index in [4.69, 9.17) is 14.6 Å². The SMILES string of the molecule is CN(C)c1ccc2c(c1)C1=CC(NC(=O)c3cc4ccccc4cn3)=CC=CC1O2.O=C(O)C(F)(F)F. The number of aliphatic carboxylic acids is 1. The first kappa shape index (κ1) is 25.5. The summed E-state index contributed by atoms with van der Waals surface area (Å²) in [5.74, 6) is -2.14. The summed E-state index contributed by atoms with van der Waals surface area (Å²) in [6.45, 7) is 0. The molecular formula is C27H22F3N3O4. The maximum atomic E-state index is 12.8. The third-order valence-corrected chi connectivity index (χ3v) is 5.59. The van der Waals surface area contributed by atoms with Gasteiger partial charge in [0.2, 0.25) is 0 Å². The van der Waals surface area contributed by atoms with Crippen molar-refractivity contribution in [3.8, 4) is 5.75 Å². The molecule has 2 aromatic carbocycles. The summed E-state index contributed by atoms with van der Waals surface area (Å²) in [5.41, 5.74) is 4.26. The fraction of sp³-hybridized carbons (Fsp3) is 0.148. The molecule has 0 spiro atoms. The van der Waals surface area contributed by atoms with Crippen LogP contribution in [0.25, 0.3) is 16.3 Å². The summed E-state index contributed by atoms with van der Waals surface area (Å²) in [6, 6.07) is 15.8. The number of alkyl halides is 3. The van der Waals surface area contributed by atoms with Gasteiger partial charge in [0.25, 0.3) is 5.91 Å². The van der Waals surface area contributed by atoms with E-state index in [2.05, 4.69) is 21.3 Å². The molecule has 0 saturated heterocycles. The molecule has 1 aliphatic carbocycles. The summed E-state index contributed by atoms with van der Waals surface area (Å²) in [6.07, 6.45) is 4.24. The van der Waals surface area contributed by atoms with Crippen LogP contribution >= 0.6 is 0 Å². The first-order valence-electron chi connectivity index (χ1n) is 11.1. The number of hydrogen-bond donors (Lipinski definition) is 2. The molecule has 1 aromatic heterocycles. The molecule has 1 unspecified atom stereocenters. The number of hydrogen-bond acceptors (Lipinski definition) is 5. The average Bonchev–Trinajstić information content (AvgIpc) is 3.07. The van der Waals surface area contributed by atoms with E-state index >= 15 is 0 Å². The van der Waals surface area contributed by atoms with E-state index in [1.807, 2.05) is 80.9 Å². The number of nitrogens with zero attached hydrogens (tertiary/aromatic N) is 2. The van der Waals surface area contributed by atoms with Gasteiger partial charge in [-0.25, -0.2) is 4.79 Å². The molecular weight excluding hydrogens is 487 g/mol. The zero-order chi connectivity index (χ0) is 26.7. The summed E-state index contributed by atoms with van der Waals surface area (Å²) in [5, 5.41) is 12.1. The maximum Gasteiger partial charge on any atom is 0.490 e. The standard InChI is InChI=1S/C25H21N3O2.C2HF3O2/c1-28(2)19-10-11-24-21(14-19)20-13-18(8-5-9-23(20)30-24)27-25(29)22-12-16-6-3-4-7-17(16)15-26-22;3-2(4,5)1(6)7/h3-15,23H,1-2H3,(H,27,29);(H,6,7). The van der Waals surface area contributed by atoms with Gasteiger partial charge in [-0.2, -0.15) is 13.2 Å². The maximum absolute atomic E-state index is 12.8. The molecule has 2 N–H and O–H groups in total. The Morgan fingerprint density at radius 1 is 1.08 bits per heavy atom. The van der Waals surface area contributed by atoms with Crippen LogP contribution in [-0.2, 0) is 4.79 Å². The number of fused-ring (bicyclic) bond motifs is 4. The molecule has 1 amide bonds. The van der Waals surface area contributed by atoms with E-state index < -0.39 is 12.1 Å². The number of carbonyl (C=O) groups excluding carboxylic acids is 1. The lowest BCUT2D eigenvalue weighted by atomic mass is 10.0. The van der Waals surface area contributed by atoms with E-state index in [0.717, 1.165) is 33.3 Å². The molecule has 3 aromatic rings. The fourth-order valence-corrected chi connectivity index (χ4v) is 3.74. The summed E-state index contributed by atoms with van der Waals surface area (Å²) in [4.78, 5) is 28.1. The Labute approximate surface area is 210 Å². The highest BCUT2D eigenvalue weighted by molar-refractivity contribution is 5.98. The molecule has 7 nitrogen and oxygen atoms in total. The van der Waals surface area contributed by atoms with Gasteiger partial charge in [0, 0.05) is 48.2 Å². The van der Waals surface area contributed by atoms with Crippen molar-refractivity contribution in [2.75, 3.05) is 19.0 Å². The van der Waals surface area contributed by atoms with Crippen molar-refractivity contribution in [2.24, 2.45) is 0 Å². The number of aromatic nitrogens is 1. The molecule has 0 fully saturated rings. The van der Waals surface area contributed by atoms with E-state index in [-0.39, 0.29) is 12.0 Å². The molecule has 0 saturated carbocycles. The van der Waals surface area contributed by atoms with E-state index in [1.54, 1.807) is 6.20 Å². The quantitative estimate of drug-likeness (QED) is 0.519. The number of anilines is 1. The Morgan fingerprint density at radius 2 is 1.78 bits per heavy atom. The van der Waals surface area contributed by atoms with Crippen molar-refractivity contribution in [1.82, 2.24) is 10.3 Å². The predicted octanol–water partition coefficient (Wildman–Crippen LogP) is 4.96. The minimum absolute atomic E-state index is 0.165. The van der Waals surface area contributed by atoms with Crippen molar-refractivity contribution in [2.45, 2.75) is 12.3 Å². The van der Waals surface area contributed by atoms with Crippen LogP contribution in [0.3, 0.4) is 0 Å². The molecule has 190 valence electrons. The second kappa shape index (κ2) is 10.2. The second-order valence-corrected chi connectivity index (χ2v) is 8.39. The van der Waals surface area contributed by atoms with Gasteiger partial charge in [0.05, 0.1) is 0 Å². The summed E-state index contributed by atoms with van der Waals surface area (Å²) in [7, 11) is 4.02. The van der Waals surface area contributed by atoms with Crippen LogP contribution in [-0.4, -0.2) is 48.3 Å². The van der Waals surface area contributed by atoms with Crippen molar-refractivity contribution < 1.29 is 32.6 Å². The molecule has 2 aliphatic rings. The number of pyridine rings is 1. The van der Waals surface area contributed by atoms with Gasteiger partial charge >= 0.3 is 12.1 Å². The van der Waals surface area contributed by atoms with Gasteiger partial charge in [0.15, 0.2) is 0 Å². The number of halogens is 3. The van der Waals surface area contributed by atoms with E-state index in [1.165, 1.54) is 0 Å². The highest BCUT2D eigenvalue weighted by atomic mass is 19.4. The summed E-state index contributed by atoms with van der Waals surface area (Å²) >= 11 is 0. The van der Waals surface area contributed by atoms with Crippen LogP contribution in [0.4, 0.5) is 18.9 Å². The van der Waals surface area contributed by atoms with Crippen LogP contribution in [0.5, 0.6) is 5.75 Å². The molecule has 1 atom stereocenters. The third-order valence-electron chi connectivity index (χ3n) is 5.59. The van der Waals surface area contributed by atoms with Crippen LogP contribution < -0.4 is 15.0 Å². The number of carboxylic acid groups (broad SMARTS) is 1. The Balaban J connectivity index is 0.000000405. The van der Waals surface area contributed by atoms with Crippen molar-refractivity contribution in [1.29, 1.82) is 0 Å². The number of benzene rings is 2. The molecule has 10 heteroatoms. The van der Waals surface area contributed by atoms with E-state index in [9.17, 15) is 18.0 Å². The Morgan fingerprint density at radius 3 is 2.46 bits per heavy atom. The molecule has 0 radical (unpaired) electrons. The van der Waals surface area contributed by atoms with Gasteiger partial charge < -0.3 is 20.1 Å². The van der Waals surface area contributed by atoms with E-state index in [0.29, 0.717) is 11.4 Å². The number of carbonyl (C=O) groups is 2. The molecule has 2 heterocycles. The minimum Gasteiger partial charge on any atom is -0.481 e. The van der Waals surface area contributed by atoms with Crippen molar-refractivity contribution in [3.63, 3.8) is 0 Å². The van der Waals surface area contributed by atoms with Crippen LogP contribution in [0, 0.1) is 0 Å². The minimum atomic E-state index is -5.08. The average molecular weight is 509 g/mol. The Hall–Kier alpha value is -4.60. The Bertz CT molecular complexity index is 1460. The second-order valence-electron chi connectivity index (χ2n) is 8.39. The normalized spacial score (nSPS) is 15.6. The molecule has 37 heavy (non-hydrogen) atoms. The van der Waals surface area contributed by atoms with Crippen LogP contribution in [0.15, 0.2) is 84.7 Å². The fourth-order valence-electron chi connectivity index (χ4n) is 3.74. The highest BCUT2D eigenvalue weighted by Crippen LogP contribution is 2.41. The van der Waals surface area contributed by atoms with Gasteiger partial charge in [-0.1, -0.05) is 30.3 Å². The lowest BCUT2D eigenvalue weighted by Crippen LogP contribution is -2.23. The molecule has 0 bridgehead atoms. The van der Waals surface area contributed by atoms with Gasteiger partial charge in [-0.3, -0.25) is 9.78 Å². The molecule has 1 aliphatic heterocycles. The van der Waals surface area contributed by atoms with Gasteiger partial charge in [0.1, 0.15) is 17.5 Å². The number of rotatable bonds is 3. The first-order valence-corrected chi connectivity index (χ1v) is 11.1. The number of carboxylic acids is 1. The Kier molecular flexibility index (Phi) is 7.01. The lowest BCUT2D eigenvalue weighted by Gasteiger charge is -2.13. The largest absolute Gasteiger partial charge is 0.490 e. The number of nitrogens with one attached hydrogen (secondary N) is 1. The number of ether oxygens (including phenoxy) is 1. The number of allylic oxidation sites excluding steroid dienone is 3. The summed E-state index contributed by atoms with van der Waals surface area (Å²) < 4.78 is 37.8. The zero-order valence-corrected chi connectivity index (χ0v) is 19.8. The number of amides is 1. The van der Waals surface area contributed by atoms with Crippen LogP contribution in [0.1, 0.15) is 16.1 Å². The van der Waals surface area contributed by atoms with Gasteiger partial charge in [-0.15, -0.1) is 0 Å². The van der Waals surface area contributed by atoms with Gasteiger partial charge in [-0.05, 0) is 47.9 Å². The smallest absolute Gasteiger partial charge is 0.481 e. The zero-order valence-electron chi connectivity index (χ0n) is 19.8. The van der Waals surface area contributed by atoms with Crippen molar-refractivity contribution >= 4 is 33.9 Å². The predicted molar refractivity (Wildman–Crippen MR) is 133 cm³/mol. The first-order chi connectivity index (χ1) is 17.5. The molecule has 5 rings (SSSR count). The third kappa shape index (κ3) is 5.80. The lowest BCUT2D eigenvalue weighted by molar-refractivity contribution is -0.192. The van der Waals surface area contributed by atoms with Crippen molar-refractivity contribution in [3.05, 3.63) is 96.0 Å². The monoisotopic (exact) mass is 509 g/mol. The highest BCUT2D eigenvalue weighted by Gasteiger charge is 2.38. The van der Waals surface area contributed by atoms with Crippen LogP contribution in [0.2, 0.25) is 0 Å².